The number of rotatable bonds is 5. The van der Waals surface area contributed by atoms with Crippen LogP contribution in [0.3, 0.4) is 0 Å². The van der Waals surface area contributed by atoms with Crippen LogP contribution in [0.5, 0.6) is 0 Å². The van der Waals surface area contributed by atoms with Crippen molar-refractivity contribution in [3.63, 3.8) is 0 Å². The number of nitriles is 1. The maximum Gasteiger partial charge on any atom is 0.407 e. The summed E-state index contributed by atoms with van der Waals surface area (Å²) in [4.78, 5) is 27.2. The van der Waals surface area contributed by atoms with Gasteiger partial charge >= 0.3 is 6.09 Å². The summed E-state index contributed by atoms with van der Waals surface area (Å²) in [6.45, 7) is 3.04. The number of hydrogen-bond donors (Lipinski definition) is 2. The van der Waals surface area contributed by atoms with Crippen LogP contribution in [0.4, 0.5) is 10.5 Å². The number of aryl methyl sites for hydroxylation is 1. The van der Waals surface area contributed by atoms with Gasteiger partial charge in [0.1, 0.15) is 0 Å². The lowest BCUT2D eigenvalue weighted by molar-refractivity contribution is 0.0713. The number of carbonyl (C=O) groups is 2. The van der Waals surface area contributed by atoms with Gasteiger partial charge in [-0.3, -0.25) is 9.52 Å². The SMILES string of the molecule is Cc1ccc(C(=O)N2CCC(c3ccc(C#N)cc3)CC2)cc1NS(=O)(=O)C1CCN(C(=O)O)C1. The quantitative estimate of drug-likeness (QED) is 0.653. The van der Waals surface area contributed by atoms with Crippen LogP contribution in [0.2, 0.25) is 0 Å². The van der Waals surface area contributed by atoms with Crippen LogP contribution in [0, 0.1) is 18.3 Å². The highest BCUT2D eigenvalue weighted by Gasteiger charge is 2.35. The molecule has 0 aliphatic carbocycles. The minimum atomic E-state index is -3.81. The first-order chi connectivity index (χ1) is 16.7. The van der Waals surface area contributed by atoms with Crippen LogP contribution in [-0.4, -0.2) is 66.8 Å². The smallest absolute Gasteiger partial charge is 0.407 e. The molecular weight excluding hydrogens is 468 g/mol. The fourth-order valence-corrected chi connectivity index (χ4v) is 6.17. The van der Waals surface area contributed by atoms with Gasteiger partial charge in [0.25, 0.3) is 5.91 Å². The van der Waals surface area contributed by atoms with Crippen molar-refractivity contribution >= 4 is 27.7 Å². The summed E-state index contributed by atoms with van der Waals surface area (Å²) < 4.78 is 28.3. The van der Waals surface area contributed by atoms with Crippen molar-refractivity contribution in [3.8, 4) is 6.07 Å². The van der Waals surface area contributed by atoms with Crippen molar-refractivity contribution in [1.29, 1.82) is 5.26 Å². The predicted octanol–water partition coefficient (Wildman–Crippen LogP) is 3.38. The molecule has 2 aromatic rings. The van der Waals surface area contributed by atoms with E-state index < -0.39 is 21.4 Å². The van der Waals surface area contributed by atoms with Crippen molar-refractivity contribution in [3.05, 3.63) is 64.7 Å². The molecule has 2 fully saturated rings. The topological polar surface area (TPSA) is 131 Å². The third-order valence-corrected chi connectivity index (χ3v) is 8.65. The van der Waals surface area contributed by atoms with E-state index in [0.717, 1.165) is 23.3 Å². The summed E-state index contributed by atoms with van der Waals surface area (Å²) in [5, 5.41) is 17.2. The molecule has 4 rings (SSSR count). The highest BCUT2D eigenvalue weighted by molar-refractivity contribution is 7.93. The van der Waals surface area contributed by atoms with Gasteiger partial charge in [-0.2, -0.15) is 5.26 Å². The minimum Gasteiger partial charge on any atom is -0.465 e. The Morgan fingerprint density at radius 2 is 1.69 bits per heavy atom. The van der Waals surface area contributed by atoms with Crippen molar-refractivity contribution < 1.29 is 23.1 Å². The molecule has 2 aliphatic heterocycles. The van der Waals surface area contributed by atoms with E-state index in [2.05, 4.69) is 10.8 Å². The number of hydrogen-bond acceptors (Lipinski definition) is 5. The number of carboxylic acid groups (broad SMARTS) is 1. The Labute approximate surface area is 205 Å². The highest BCUT2D eigenvalue weighted by Crippen LogP contribution is 2.30. The molecule has 2 amide bonds. The van der Waals surface area contributed by atoms with Gasteiger partial charge in [0.05, 0.1) is 22.6 Å². The van der Waals surface area contributed by atoms with Crippen molar-refractivity contribution in [2.45, 2.75) is 37.4 Å². The van der Waals surface area contributed by atoms with Crippen LogP contribution >= 0.6 is 0 Å². The molecule has 10 heteroatoms. The van der Waals surface area contributed by atoms with E-state index in [-0.39, 0.29) is 25.4 Å². The molecule has 2 saturated heterocycles. The lowest BCUT2D eigenvalue weighted by Gasteiger charge is -2.32. The van der Waals surface area contributed by atoms with E-state index in [0.29, 0.717) is 41.4 Å². The van der Waals surface area contributed by atoms with Gasteiger partial charge < -0.3 is 14.9 Å². The zero-order valence-corrected chi connectivity index (χ0v) is 20.3. The molecule has 184 valence electrons. The van der Waals surface area contributed by atoms with Gasteiger partial charge in [0.15, 0.2) is 0 Å². The Balaban J connectivity index is 1.41. The van der Waals surface area contributed by atoms with Gasteiger partial charge in [-0.25, -0.2) is 13.2 Å². The second-order valence-electron chi connectivity index (χ2n) is 9.12. The number of piperidine rings is 1. The second kappa shape index (κ2) is 9.96. The fourth-order valence-electron chi connectivity index (χ4n) is 4.69. The molecule has 0 aromatic heterocycles. The van der Waals surface area contributed by atoms with Crippen LogP contribution in [0.15, 0.2) is 42.5 Å². The zero-order valence-electron chi connectivity index (χ0n) is 19.5. The standard InChI is InChI=1S/C25H28N4O5S/c1-17-2-5-21(14-23(17)27-35(33,34)22-10-13-29(16-22)25(31)32)24(30)28-11-8-20(9-12-28)19-6-3-18(15-26)4-7-19/h2-7,14,20,22,27H,8-13,16H2,1H3,(H,31,32). The van der Waals surface area contributed by atoms with Crippen LogP contribution in [0.1, 0.15) is 52.2 Å². The van der Waals surface area contributed by atoms with E-state index >= 15 is 0 Å². The number of sulfonamides is 1. The highest BCUT2D eigenvalue weighted by atomic mass is 32.2. The fraction of sp³-hybridized carbons (Fsp3) is 0.400. The molecule has 2 N–H and O–H groups in total. The van der Waals surface area contributed by atoms with Gasteiger partial charge in [-0.15, -0.1) is 0 Å². The molecule has 2 heterocycles. The molecule has 2 aromatic carbocycles. The van der Waals surface area contributed by atoms with Gasteiger partial charge in [-0.1, -0.05) is 18.2 Å². The zero-order chi connectivity index (χ0) is 25.2. The monoisotopic (exact) mass is 496 g/mol. The van der Waals surface area contributed by atoms with Gasteiger partial charge in [0.2, 0.25) is 10.0 Å². The van der Waals surface area contributed by atoms with E-state index in [9.17, 15) is 18.0 Å². The Kier molecular flexibility index (Phi) is 6.98. The van der Waals surface area contributed by atoms with Crippen LogP contribution in [0.25, 0.3) is 0 Å². The number of nitrogens with one attached hydrogen (secondary N) is 1. The number of carbonyl (C=O) groups excluding carboxylic acids is 1. The summed E-state index contributed by atoms with van der Waals surface area (Å²) in [7, 11) is -3.81. The second-order valence-corrected chi connectivity index (χ2v) is 11.1. The molecule has 0 radical (unpaired) electrons. The predicted molar refractivity (Wildman–Crippen MR) is 131 cm³/mol. The lowest BCUT2D eigenvalue weighted by Crippen LogP contribution is -2.38. The molecule has 2 aliphatic rings. The summed E-state index contributed by atoms with van der Waals surface area (Å²) in [5.74, 6) is 0.172. The number of likely N-dealkylation sites (tertiary alicyclic amines) is 2. The molecule has 35 heavy (non-hydrogen) atoms. The molecule has 1 unspecified atom stereocenters. The van der Waals surface area contributed by atoms with Crippen LogP contribution < -0.4 is 4.72 Å². The first-order valence-corrected chi connectivity index (χ1v) is 13.1. The lowest BCUT2D eigenvalue weighted by atomic mass is 9.89. The largest absolute Gasteiger partial charge is 0.465 e. The third-order valence-electron chi connectivity index (χ3n) is 6.88. The van der Waals surface area contributed by atoms with Gasteiger partial charge in [-0.05, 0) is 67.5 Å². The minimum absolute atomic E-state index is 0.0729. The Hall–Kier alpha value is -3.58. The Bertz CT molecular complexity index is 1260. The first kappa shape index (κ1) is 24.5. The van der Waals surface area contributed by atoms with Crippen molar-refractivity contribution in [1.82, 2.24) is 9.80 Å². The Morgan fingerprint density at radius 1 is 1.03 bits per heavy atom. The third kappa shape index (κ3) is 5.41. The average Bonchev–Trinajstić information content (AvgIpc) is 3.37. The maximum absolute atomic E-state index is 13.2. The number of nitrogens with zero attached hydrogens (tertiary/aromatic N) is 3. The normalized spacial score (nSPS) is 18.8. The molecule has 0 saturated carbocycles. The molecule has 1 atom stereocenters. The summed E-state index contributed by atoms with van der Waals surface area (Å²) in [6.07, 6.45) is 0.720. The van der Waals surface area contributed by atoms with Crippen molar-refractivity contribution in [2.24, 2.45) is 0 Å². The molecular formula is C25H28N4O5S. The number of benzene rings is 2. The molecule has 9 nitrogen and oxygen atoms in total. The number of amides is 2. The van der Waals surface area contributed by atoms with E-state index in [1.165, 1.54) is 0 Å². The van der Waals surface area contributed by atoms with E-state index in [1.54, 1.807) is 30.0 Å². The Morgan fingerprint density at radius 3 is 2.29 bits per heavy atom. The van der Waals surface area contributed by atoms with E-state index in [1.807, 2.05) is 24.3 Å². The van der Waals surface area contributed by atoms with Crippen molar-refractivity contribution in [2.75, 3.05) is 30.9 Å². The summed E-state index contributed by atoms with van der Waals surface area (Å²) in [6, 6.07) is 14.7. The first-order valence-electron chi connectivity index (χ1n) is 11.6. The summed E-state index contributed by atoms with van der Waals surface area (Å²) >= 11 is 0. The van der Waals surface area contributed by atoms with E-state index in [4.69, 9.17) is 10.4 Å². The maximum atomic E-state index is 13.2. The molecule has 0 bridgehead atoms. The van der Waals surface area contributed by atoms with Gasteiger partial charge in [0, 0.05) is 31.7 Å². The molecule has 0 spiro atoms. The average molecular weight is 497 g/mol. The number of anilines is 1. The summed E-state index contributed by atoms with van der Waals surface area (Å²) in [5.41, 5.74) is 3.20. The van der Waals surface area contributed by atoms with Crippen LogP contribution in [-0.2, 0) is 10.0 Å².